The van der Waals surface area contributed by atoms with Gasteiger partial charge in [-0.25, -0.2) is 9.67 Å². The number of fused-ring (bicyclic) bond motifs is 2. The van der Waals surface area contributed by atoms with E-state index in [1.807, 2.05) is 0 Å². The lowest BCUT2D eigenvalue weighted by atomic mass is 9.62. The molecule has 34 heavy (non-hydrogen) atoms. The number of carbonyl (C=O) groups is 1. The standard InChI is InChI=1S/C24H26FN5O4/c1-13(2)34-19-15(21(31)27-16-6-7-26-30(22(16)32)14-4-5-14)8-29-9-17(28-20(29)18(19)25)24-10-23(3,11-24)33-12-24/h6-9,13-14H,4-5,10-12H2,1-3H3,(H,27,31). The predicted molar refractivity (Wildman–Crippen MR) is 121 cm³/mol. The van der Waals surface area contributed by atoms with Crippen molar-refractivity contribution in [1.29, 1.82) is 0 Å². The van der Waals surface area contributed by atoms with Crippen LogP contribution in [0.3, 0.4) is 0 Å². The minimum atomic E-state index is -0.713. The first-order valence-corrected chi connectivity index (χ1v) is 11.6. The van der Waals surface area contributed by atoms with Gasteiger partial charge in [0.05, 0.1) is 30.0 Å². The van der Waals surface area contributed by atoms with Gasteiger partial charge in [0, 0.05) is 24.0 Å². The van der Waals surface area contributed by atoms with Gasteiger partial charge in [-0.3, -0.25) is 9.59 Å². The van der Waals surface area contributed by atoms with E-state index in [1.165, 1.54) is 27.5 Å². The SMILES string of the molecule is CC(C)Oc1c(C(=O)Nc2ccnn(C3CC3)c2=O)cn2cc(C34COC(C)(C3)C4)nc2c1F. The summed E-state index contributed by atoms with van der Waals surface area (Å²) >= 11 is 0. The van der Waals surface area contributed by atoms with Crippen LogP contribution in [0.2, 0.25) is 0 Å². The number of hydrogen-bond acceptors (Lipinski definition) is 6. The first kappa shape index (κ1) is 21.3. The van der Waals surface area contributed by atoms with Gasteiger partial charge in [0.1, 0.15) is 11.3 Å². The third-order valence-electron chi connectivity index (χ3n) is 6.92. The highest BCUT2D eigenvalue weighted by atomic mass is 19.1. The van der Waals surface area contributed by atoms with E-state index in [4.69, 9.17) is 9.47 Å². The Morgan fingerprint density at radius 2 is 2.09 bits per heavy atom. The third kappa shape index (κ3) is 3.23. The van der Waals surface area contributed by atoms with Crippen molar-refractivity contribution < 1.29 is 18.7 Å². The molecular formula is C24H26FN5O4. The molecule has 2 saturated heterocycles. The van der Waals surface area contributed by atoms with Crippen LogP contribution in [0, 0.1) is 5.82 Å². The second kappa shape index (κ2) is 7.11. The average molecular weight is 468 g/mol. The number of nitrogens with zero attached hydrogens (tertiary/aromatic N) is 4. The summed E-state index contributed by atoms with van der Waals surface area (Å²) in [5, 5.41) is 6.72. The van der Waals surface area contributed by atoms with Crippen LogP contribution in [0.1, 0.15) is 68.5 Å². The van der Waals surface area contributed by atoms with Gasteiger partial charge < -0.3 is 19.2 Å². The molecule has 1 N–H and O–H groups in total. The molecule has 2 bridgehead atoms. The predicted octanol–water partition coefficient (Wildman–Crippen LogP) is 3.23. The van der Waals surface area contributed by atoms with Crippen LogP contribution in [-0.4, -0.2) is 43.4 Å². The lowest BCUT2D eigenvalue weighted by molar-refractivity contribution is 0.0154. The molecule has 2 aliphatic heterocycles. The number of carbonyl (C=O) groups excluding carboxylic acids is 1. The zero-order valence-corrected chi connectivity index (χ0v) is 19.3. The Morgan fingerprint density at radius 3 is 2.74 bits per heavy atom. The number of hydrogen-bond donors (Lipinski definition) is 1. The van der Waals surface area contributed by atoms with Gasteiger partial charge in [-0.05, 0) is 52.5 Å². The lowest BCUT2D eigenvalue weighted by Gasteiger charge is -2.41. The summed E-state index contributed by atoms with van der Waals surface area (Å²) in [4.78, 5) is 30.6. The Balaban J connectivity index is 1.40. The molecule has 2 saturated carbocycles. The van der Waals surface area contributed by atoms with Gasteiger partial charge >= 0.3 is 0 Å². The van der Waals surface area contributed by atoms with E-state index in [2.05, 4.69) is 22.3 Å². The van der Waals surface area contributed by atoms with Crippen LogP contribution in [-0.2, 0) is 10.2 Å². The Labute approximate surface area is 194 Å². The molecule has 5 heterocycles. The fourth-order valence-electron chi connectivity index (χ4n) is 5.28. The first-order chi connectivity index (χ1) is 16.2. The zero-order valence-electron chi connectivity index (χ0n) is 19.3. The molecule has 1 amide bonds. The maximum absolute atomic E-state index is 15.7. The minimum Gasteiger partial charge on any atom is -0.487 e. The van der Waals surface area contributed by atoms with Crippen molar-refractivity contribution in [2.75, 3.05) is 11.9 Å². The highest BCUT2D eigenvalue weighted by Crippen LogP contribution is 2.58. The maximum Gasteiger partial charge on any atom is 0.290 e. The van der Waals surface area contributed by atoms with Crippen LogP contribution in [0.4, 0.5) is 10.1 Å². The molecule has 4 fully saturated rings. The topological polar surface area (TPSA) is 99.8 Å². The monoisotopic (exact) mass is 467 g/mol. The Bertz CT molecular complexity index is 1380. The number of amides is 1. The molecule has 178 valence electrons. The van der Waals surface area contributed by atoms with Crippen LogP contribution in [0.25, 0.3) is 5.65 Å². The second-order valence-electron chi connectivity index (χ2n) is 10.3. The van der Waals surface area contributed by atoms with Crippen molar-refractivity contribution in [3.8, 4) is 5.75 Å². The van der Waals surface area contributed by atoms with E-state index in [1.54, 1.807) is 20.0 Å². The van der Waals surface area contributed by atoms with Gasteiger partial charge in [-0.2, -0.15) is 9.49 Å². The minimum absolute atomic E-state index is 0.0181. The van der Waals surface area contributed by atoms with Crippen LogP contribution >= 0.6 is 0 Å². The maximum atomic E-state index is 15.7. The Morgan fingerprint density at radius 1 is 1.32 bits per heavy atom. The summed E-state index contributed by atoms with van der Waals surface area (Å²) < 4.78 is 30.2. The fraction of sp³-hybridized carbons (Fsp3) is 0.500. The van der Waals surface area contributed by atoms with Crippen molar-refractivity contribution in [1.82, 2.24) is 19.2 Å². The molecule has 0 unspecified atom stereocenters. The summed E-state index contributed by atoms with van der Waals surface area (Å²) in [5.41, 5.74) is 0.168. The van der Waals surface area contributed by atoms with Crippen LogP contribution in [0.15, 0.2) is 29.5 Å². The lowest BCUT2D eigenvalue weighted by Crippen LogP contribution is -2.45. The van der Waals surface area contributed by atoms with Gasteiger partial charge in [0.15, 0.2) is 11.4 Å². The summed E-state index contributed by atoms with van der Waals surface area (Å²) in [6.45, 7) is 6.13. The fourth-order valence-corrected chi connectivity index (χ4v) is 5.28. The molecular weight excluding hydrogens is 441 g/mol. The highest BCUT2D eigenvalue weighted by Gasteiger charge is 2.61. The number of halogens is 1. The van der Waals surface area contributed by atoms with Gasteiger partial charge in [-0.15, -0.1) is 0 Å². The smallest absolute Gasteiger partial charge is 0.290 e. The third-order valence-corrected chi connectivity index (χ3v) is 6.92. The van der Waals surface area contributed by atoms with E-state index in [9.17, 15) is 9.59 Å². The Kier molecular flexibility index (Phi) is 4.45. The molecule has 3 aromatic heterocycles. The summed E-state index contributed by atoms with van der Waals surface area (Å²) in [6, 6.07) is 1.51. The van der Waals surface area contributed by atoms with E-state index >= 15 is 4.39 Å². The number of anilines is 1. The van der Waals surface area contributed by atoms with Crippen molar-refractivity contribution in [3.63, 3.8) is 0 Å². The second-order valence-corrected chi connectivity index (χ2v) is 10.3. The summed E-state index contributed by atoms with van der Waals surface area (Å²) in [5.74, 6) is -1.54. The van der Waals surface area contributed by atoms with Crippen molar-refractivity contribution in [2.45, 2.75) is 69.6 Å². The quantitative estimate of drug-likeness (QED) is 0.598. The van der Waals surface area contributed by atoms with E-state index in [0.717, 1.165) is 31.4 Å². The molecule has 0 radical (unpaired) electrons. The van der Waals surface area contributed by atoms with Crippen molar-refractivity contribution in [2.24, 2.45) is 0 Å². The molecule has 9 nitrogen and oxygen atoms in total. The van der Waals surface area contributed by atoms with Crippen molar-refractivity contribution >= 4 is 17.2 Å². The summed E-state index contributed by atoms with van der Waals surface area (Å²) in [7, 11) is 0. The number of ether oxygens (including phenoxy) is 2. The molecule has 3 aromatic rings. The number of nitrogens with one attached hydrogen (secondary N) is 1. The zero-order chi connectivity index (χ0) is 23.8. The largest absolute Gasteiger partial charge is 0.487 e. The van der Waals surface area contributed by atoms with Crippen LogP contribution in [0.5, 0.6) is 5.75 Å². The molecule has 7 rings (SSSR count). The first-order valence-electron chi connectivity index (χ1n) is 11.6. The number of imidazole rings is 1. The molecule has 0 spiro atoms. The average Bonchev–Trinajstić information content (AvgIpc) is 3.28. The van der Waals surface area contributed by atoms with Crippen LogP contribution < -0.4 is 15.6 Å². The van der Waals surface area contributed by atoms with Crippen molar-refractivity contribution in [3.05, 3.63) is 52.1 Å². The van der Waals surface area contributed by atoms with Gasteiger partial charge in [0.25, 0.3) is 11.5 Å². The van der Waals surface area contributed by atoms with Gasteiger partial charge in [-0.1, -0.05) is 0 Å². The Hall–Kier alpha value is -3.27. The summed E-state index contributed by atoms with van der Waals surface area (Å²) in [6.07, 6.45) is 7.80. The highest BCUT2D eigenvalue weighted by molar-refractivity contribution is 6.06. The number of pyridine rings is 1. The molecule has 0 atom stereocenters. The normalized spacial score (nSPS) is 25.6. The molecule has 4 aliphatic rings. The van der Waals surface area contributed by atoms with E-state index in [-0.39, 0.29) is 51.4 Å². The molecule has 0 aromatic carbocycles. The molecule has 10 heteroatoms. The van der Waals surface area contributed by atoms with Gasteiger partial charge in [0.2, 0.25) is 5.82 Å². The number of aromatic nitrogens is 4. The van der Waals surface area contributed by atoms with E-state index < -0.39 is 11.7 Å². The number of rotatable bonds is 6. The van der Waals surface area contributed by atoms with E-state index in [0.29, 0.717) is 6.61 Å². The molecule has 2 aliphatic carbocycles.